The van der Waals surface area contributed by atoms with Crippen LogP contribution >= 0.6 is 11.8 Å². The molecule has 0 aromatic carbocycles. The normalized spacial score (nSPS) is 12.4. The summed E-state index contributed by atoms with van der Waals surface area (Å²) in [5.74, 6) is 1.54. The summed E-state index contributed by atoms with van der Waals surface area (Å²) in [5.41, 5.74) is -0.0407. The number of nitrogens with one attached hydrogen (secondary N) is 1. The van der Waals surface area contributed by atoms with Crippen molar-refractivity contribution in [3.63, 3.8) is 0 Å². The molecule has 0 saturated heterocycles. The number of aromatic nitrogens is 2. The predicted molar refractivity (Wildman–Crippen MR) is 70.3 cm³/mol. The van der Waals surface area contributed by atoms with Gasteiger partial charge in [0.25, 0.3) is 5.56 Å². The molecule has 4 nitrogen and oxygen atoms in total. The van der Waals surface area contributed by atoms with Crippen molar-refractivity contribution in [3.8, 4) is 0 Å². The maximum Gasteiger partial charge on any atom is 0.293 e. The minimum absolute atomic E-state index is 0.0407. The summed E-state index contributed by atoms with van der Waals surface area (Å²) in [6, 6.07) is 0.278. The van der Waals surface area contributed by atoms with Crippen molar-refractivity contribution in [2.75, 3.05) is 17.3 Å². The fraction of sp³-hybridized carbons (Fsp3) is 0.636. The first-order valence-corrected chi connectivity index (χ1v) is 6.89. The van der Waals surface area contributed by atoms with Gasteiger partial charge in [-0.3, -0.25) is 4.79 Å². The molecule has 1 heterocycles. The van der Waals surface area contributed by atoms with Gasteiger partial charge in [0.1, 0.15) is 0 Å². The maximum absolute atomic E-state index is 11.8. The quantitative estimate of drug-likeness (QED) is 0.825. The summed E-state index contributed by atoms with van der Waals surface area (Å²) in [6.07, 6.45) is 6.48. The number of anilines is 1. The molecule has 1 N–H and O–H groups in total. The molecule has 16 heavy (non-hydrogen) atoms. The van der Waals surface area contributed by atoms with Gasteiger partial charge in [-0.15, -0.1) is 0 Å². The smallest absolute Gasteiger partial charge is 0.293 e. The second kappa shape index (κ2) is 6.58. The van der Waals surface area contributed by atoms with Gasteiger partial charge in [-0.25, -0.2) is 4.98 Å². The summed E-state index contributed by atoms with van der Waals surface area (Å²) in [6.45, 7) is 4.69. The maximum atomic E-state index is 11.8. The molecule has 0 amide bonds. The molecule has 5 heteroatoms. The highest BCUT2D eigenvalue weighted by Crippen LogP contribution is 2.04. The molecule has 0 saturated carbocycles. The molecule has 0 aliphatic carbocycles. The molecule has 0 radical (unpaired) electrons. The number of thioether (sulfide) groups is 1. The third kappa shape index (κ3) is 3.56. The Morgan fingerprint density at radius 2 is 2.38 bits per heavy atom. The fourth-order valence-corrected chi connectivity index (χ4v) is 1.98. The van der Waals surface area contributed by atoms with Gasteiger partial charge in [-0.05, 0) is 32.3 Å². The van der Waals surface area contributed by atoms with Gasteiger partial charge in [-0.2, -0.15) is 11.8 Å². The Hall–Kier alpha value is -0.970. The van der Waals surface area contributed by atoms with Gasteiger partial charge in [0.05, 0.1) is 0 Å². The Morgan fingerprint density at radius 3 is 3.00 bits per heavy atom. The second-order valence-electron chi connectivity index (χ2n) is 3.69. The Balaban J connectivity index is 2.70. The Kier molecular flexibility index (Phi) is 5.38. The topological polar surface area (TPSA) is 46.9 Å². The first kappa shape index (κ1) is 13.1. The summed E-state index contributed by atoms with van der Waals surface area (Å²) in [5, 5.41) is 3.16. The second-order valence-corrected chi connectivity index (χ2v) is 4.68. The van der Waals surface area contributed by atoms with Gasteiger partial charge >= 0.3 is 0 Å². The lowest BCUT2D eigenvalue weighted by molar-refractivity contribution is 0.706. The highest BCUT2D eigenvalue weighted by atomic mass is 32.2. The van der Waals surface area contributed by atoms with E-state index in [-0.39, 0.29) is 11.6 Å². The van der Waals surface area contributed by atoms with Crippen LogP contribution in [0.3, 0.4) is 0 Å². The molecule has 90 valence electrons. The van der Waals surface area contributed by atoms with E-state index in [1.165, 1.54) is 0 Å². The third-order valence-electron chi connectivity index (χ3n) is 2.39. The van der Waals surface area contributed by atoms with Crippen LogP contribution in [-0.2, 0) is 6.54 Å². The van der Waals surface area contributed by atoms with E-state index in [0.717, 1.165) is 12.2 Å². The van der Waals surface area contributed by atoms with Crippen LogP contribution in [0, 0.1) is 0 Å². The van der Waals surface area contributed by atoms with E-state index in [4.69, 9.17) is 0 Å². The largest absolute Gasteiger partial charge is 0.363 e. The highest BCUT2D eigenvalue weighted by Gasteiger charge is 2.07. The van der Waals surface area contributed by atoms with Crippen LogP contribution in [0.25, 0.3) is 0 Å². The van der Waals surface area contributed by atoms with Crippen LogP contribution in [0.15, 0.2) is 17.2 Å². The van der Waals surface area contributed by atoms with Gasteiger partial charge in [-0.1, -0.05) is 0 Å². The first-order valence-electron chi connectivity index (χ1n) is 5.50. The molecule has 0 aliphatic heterocycles. The molecule has 1 atom stereocenters. The zero-order valence-electron chi connectivity index (χ0n) is 10.1. The minimum atomic E-state index is -0.0407. The van der Waals surface area contributed by atoms with E-state index in [1.807, 2.05) is 18.7 Å². The third-order valence-corrected chi connectivity index (χ3v) is 3.04. The SMILES string of the molecule is CCn1ccnc(NC(C)CCSC)c1=O. The molecule has 0 bridgehead atoms. The monoisotopic (exact) mass is 241 g/mol. The molecule has 1 unspecified atom stereocenters. The van der Waals surface area contributed by atoms with Crippen LogP contribution in [0.2, 0.25) is 0 Å². The number of aryl methyl sites for hydroxylation is 1. The summed E-state index contributed by atoms with van der Waals surface area (Å²) < 4.78 is 1.65. The average Bonchev–Trinajstić information content (AvgIpc) is 2.29. The number of hydrogen-bond donors (Lipinski definition) is 1. The van der Waals surface area contributed by atoms with Crippen LogP contribution in [0.1, 0.15) is 20.3 Å². The van der Waals surface area contributed by atoms with Crippen molar-refractivity contribution in [2.24, 2.45) is 0 Å². The van der Waals surface area contributed by atoms with E-state index in [9.17, 15) is 4.79 Å². The zero-order chi connectivity index (χ0) is 12.0. The number of hydrogen-bond acceptors (Lipinski definition) is 4. The van der Waals surface area contributed by atoms with Crippen LogP contribution in [-0.4, -0.2) is 27.6 Å². The molecule has 1 rings (SSSR count). The molecule has 1 aromatic rings. The van der Waals surface area contributed by atoms with E-state index in [1.54, 1.807) is 17.0 Å². The van der Waals surface area contributed by atoms with Crippen LogP contribution in [0.4, 0.5) is 5.82 Å². The lowest BCUT2D eigenvalue weighted by Gasteiger charge is -2.13. The van der Waals surface area contributed by atoms with Crippen LogP contribution in [0.5, 0.6) is 0 Å². The summed E-state index contributed by atoms with van der Waals surface area (Å²) >= 11 is 1.81. The van der Waals surface area contributed by atoms with Crippen molar-refractivity contribution >= 4 is 17.6 Å². The molecule has 1 aromatic heterocycles. The minimum Gasteiger partial charge on any atom is -0.363 e. The van der Waals surface area contributed by atoms with Crippen molar-refractivity contribution in [1.82, 2.24) is 9.55 Å². The van der Waals surface area contributed by atoms with Gasteiger partial charge in [0.15, 0.2) is 5.82 Å². The summed E-state index contributed by atoms with van der Waals surface area (Å²) in [7, 11) is 0. The zero-order valence-corrected chi connectivity index (χ0v) is 10.9. The average molecular weight is 241 g/mol. The molecule has 0 spiro atoms. The van der Waals surface area contributed by atoms with Gasteiger partial charge in [0.2, 0.25) is 0 Å². The Labute approximate surface area is 100 Å². The Morgan fingerprint density at radius 1 is 1.62 bits per heavy atom. The standard InChI is InChI=1S/C11H19N3OS/c1-4-14-7-6-12-10(11(14)15)13-9(2)5-8-16-3/h6-7,9H,4-5,8H2,1-3H3,(H,12,13). The molecular weight excluding hydrogens is 222 g/mol. The van der Waals surface area contributed by atoms with E-state index in [0.29, 0.717) is 12.4 Å². The summed E-state index contributed by atoms with van der Waals surface area (Å²) in [4.78, 5) is 15.9. The lowest BCUT2D eigenvalue weighted by Crippen LogP contribution is -2.27. The molecule has 0 aliphatic rings. The van der Waals surface area contributed by atoms with Crippen molar-refractivity contribution in [2.45, 2.75) is 32.9 Å². The van der Waals surface area contributed by atoms with Gasteiger partial charge in [0, 0.05) is 25.0 Å². The van der Waals surface area contributed by atoms with Gasteiger partial charge < -0.3 is 9.88 Å². The van der Waals surface area contributed by atoms with Crippen molar-refractivity contribution < 1.29 is 0 Å². The van der Waals surface area contributed by atoms with Crippen molar-refractivity contribution in [3.05, 3.63) is 22.7 Å². The Bertz CT molecular complexity index is 378. The van der Waals surface area contributed by atoms with E-state index >= 15 is 0 Å². The first-order chi connectivity index (χ1) is 7.69. The van der Waals surface area contributed by atoms with E-state index in [2.05, 4.69) is 23.5 Å². The van der Waals surface area contributed by atoms with Crippen molar-refractivity contribution in [1.29, 1.82) is 0 Å². The lowest BCUT2D eigenvalue weighted by atomic mass is 10.2. The fourth-order valence-electron chi connectivity index (χ4n) is 1.40. The predicted octanol–water partition coefficient (Wildman–Crippen LogP) is 1.82. The van der Waals surface area contributed by atoms with E-state index < -0.39 is 0 Å². The number of rotatable bonds is 6. The van der Waals surface area contributed by atoms with Crippen LogP contribution < -0.4 is 10.9 Å². The molecular formula is C11H19N3OS. The highest BCUT2D eigenvalue weighted by molar-refractivity contribution is 7.98. The molecule has 0 fully saturated rings. The number of nitrogens with zero attached hydrogens (tertiary/aromatic N) is 2.